The molecule has 0 bridgehead atoms. The van der Waals surface area contributed by atoms with Crippen molar-refractivity contribution in [3.8, 4) is 5.75 Å². The van der Waals surface area contributed by atoms with Gasteiger partial charge >= 0.3 is 0 Å². The third kappa shape index (κ3) is 5.49. The lowest BCUT2D eigenvalue weighted by Crippen LogP contribution is -2.24. The lowest BCUT2D eigenvalue weighted by Gasteiger charge is -2.09. The van der Waals surface area contributed by atoms with E-state index < -0.39 is 0 Å². The summed E-state index contributed by atoms with van der Waals surface area (Å²) in [4.78, 5) is 11.8. The van der Waals surface area contributed by atoms with Crippen LogP contribution in [0.4, 0.5) is 5.69 Å². The molecule has 0 spiro atoms. The Morgan fingerprint density at radius 2 is 1.91 bits per heavy atom. The van der Waals surface area contributed by atoms with Gasteiger partial charge < -0.3 is 15.4 Å². The van der Waals surface area contributed by atoms with Gasteiger partial charge in [-0.3, -0.25) is 4.79 Å². The van der Waals surface area contributed by atoms with E-state index >= 15 is 0 Å². The number of rotatable bonds is 7. The largest absolute Gasteiger partial charge is 0.497 e. The highest BCUT2D eigenvalue weighted by molar-refractivity contribution is 6.31. The number of hydrogen-bond donors (Lipinski definition) is 2. The SMILES string of the molecule is COc1ccc(CNC(=O)CCNc2ccc(C)c(Cl)c2)cc1. The highest BCUT2D eigenvalue weighted by Crippen LogP contribution is 2.19. The topological polar surface area (TPSA) is 50.4 Å². The van der Waals surface area contributed by atoms with Crippen molar-refractivity contribution in [3.05, 3.63) is 58.6 Å². The zero-order valence-electron chi connectivity index (χ0n) is 13.4. The van der Waals surface area contributed by atoms with Crippen molar-refractivity contribution in [3.63, 3.8) is 0 Å². The molecule has 0 aromatic heterocycles. The Bertz CT molecular complexity index is 657. The fourth-order valence-electron chi connectivity index (χ4n) is 2.06. The molecule has 0 heterocycles. The van der Waals surface area contributed by atoms with Crippen molar-refractivity contribution in [1.82, 2.24) is 5.32 Å². The summed E-state index contributed by atoms with van der Waals surface area (Å²) in [7, 11) is 1.63. The van der Waals surface area contributed by atoms with E-state index in [0.29, 0.717) is 19.5 Å². The molecule has 122 valence electrons. The van der Waals surface area contributed by atoms with Crippen molar-refractivity contribution in [2.45, 2.75) is 19.9 Å². The number of hydrogen-bond acceptors (Lipinski definition) is 3. The van der Waals surface area contributed by atoms with Crippen LogP contribution in [-0.4, -0.2) is 19.6 Å². The minimum atomic E-state index is 0.00604. The summed E-state index contributed by atoms with van der Waals surface area (Å²) in [5.41, 5.74) is 3.00. The van der Waals surface area contributed by atoms with E-state index in [2.05, 4.69) is 10.6 Å². The average Bonchev–Trinajstić information content (AvgIpc) is 2.56. The molecule has 0 aliphatic heterocycles. The van der Waals surface area contributed by atoms with Crippen LogP contribution in [0.25, 0.3) is 0 Å². The molecule has 0 aliphatic rings. The van der Waals surface area contributed by atoms with Crippen molar-refractivity contribution in [2.24, 2.45) is 0 Å². The molecule has 0 atom stereocenters. The van der Waals surface area contributed by atoms with Gasteiger partial charge in [0.2, 0.25) is 5.91 Å². The number of anilines is 1. The number of ether oxygens (including phenoxy) is 1. The first-order valence-corrected chi connectivity index (χ1v) is 7.86. The quantitative estimate of drug-likeness (QED) is 0.811. The molecule has 0 saturated carbocycles. The van der Waals surface area contributed by atoms with Crippen LogP contribution in [0.1, 0.15) is 17.5 Å². The molecule has 5 heteroatoms. The van der Waals surface area contributed by atoms with Crippen molar-refractivity contribution < 1.29 is 9.53 Å². The molecule has 0 fully saturated rings. The highest BCUT2D eigenvalue weighted by Gasteiger charge is 2.03. The number of nitrogens with one attached hydrogen (secondary N) is 2. The Morgan fingerprint density at radius 1 is 1.17 bits per heavy atom. The summed E-state index contributed by atoms with van der Waals surface area (Å²) in [5, 5.41) is 6.81. The van der Waals surface area contributed by atoms with Gasteiger partial charge in [-0.1, -0.05) is 29.8 Å². The molecule has 2 N–H and O–H groups in total. The Labute approximate surface area is 141 Å². The van der Waals surface area contributed by atoms with Crippen LogP contribution in [0.15, 0.2) is 42.5 Å². The molecular formula is C18H21ClN2O2. The molecule has 0 radical (unpaired) electrons. The van der Waals surface area contributed by atoms with E-state index in [1.807, 2.05) is 49.4 Å². The van der Waals surface area contributed by atoms with Gasteiger partial charge in [-0.25, -0.2) is 0 Å². The minimum Gasteiger partial charge on any atom is -0.497 e. The molecule has 2 aromatic rings. The van der Waals surface area contributed by atoms with E-state index in [1.165, 1.54) is 0 Å². The van der Waals surface area contributed by atoms with Gasteiger partial charge in [0.25, 0.3) is 0 Å². The van der Waals surface area contributed by atoms with Crippen LogP contribution >= 0.6 is 11.6 Å². The fraction of sp³-hybridized carbons (Fsp3) is 0.278. The summed E-state index contributed by atoms with van der Waals surface area (Å²) in [6, 6.07) is 13.4. The Morgan fingerprint density at radius 3 is 2.57 bits per heavy atom. The third-order valence-electron chi connectivity index (χ3n) is 3.50. The van der Waals surface area contributed by atoms with Gasteiger partial charge in [0.05, 0.1) is 7.11 Å². The first-order valence-electron chi connectivity index (χ1n) is 7.48. The number of methoxy groups -OCH3 is 1. The van der Waals surface area contributed by atoms with Gasteiger partial charge in [-0.15, -0.1) is 0 Å². The Kier molecular flexibility index (Phi) is 6.29. The first-order chi connectivity index (χ1) is 11.1. The standard InChI is InChI=1S/C18H21ClN2O2/c1-13-3-6-15(11-17(13)19)20-10-9-18(22)21-12-14-4-7-16(23-2)8-5-14/h3-8,11,20H,9-10,12H2,1-2H3,(H,21,22). The molecular weight excluding hydrogens is 312 g/mol. The highest BCUT2D eigenvalue weighted by atomic mass is 35.5. The number of halogens is 1. The predicted octanol–water partition coefficient (Wildman–Crippen LogP) is 3.78. The number of amides is 1. The number of aryl methyl sites for hydroxylation is 1. The fourth-order valence-corrected chi connectivity index (χ4v) is 2.24. The van der Waals surface area contributed by atoms with E-state index in [9.17, 15) is 4.79 Å². The van der Waals surface area contributed by atoms with Crippen LogP contribution in [0.5, 0.6) is 5.75 Å². The Hall–Kier alpha value is -2.20. The predicted molar refractivity (Wildman–Crippen MR) is 94.1 cm³/mol. The average molecular weight is 333 g/mol. The van der Waals surface area contributed by atoms with E-state index in [1.54, 1.807) is 7.11 Å². The van der Waals surface area contributed by atoms with Gasteiger partial charge in [0, 0.05) is 30.2 Å². The van der Waals surface area contributed by atoms with Crippen molar-refractivity contribution in [2.75, 3.05) is 19.0 Å². The molecule has 0 unspecified atom stereocenters. The molecule has 0 saturated heterocycles. The summed E-state index contributed by atoms with van der Waals surface area (Å²) < 4.78 is 5.10. The zero-order valence-corrected chi connectivity index (χ0v) is 14.1. The van der Waals surface area contributed by atoms with E-state index in [0.717, 1.165) is 27.6 Å². The van der Waals surface area contributed by atoms with Gasteiger partial charge in [-0.2, -0.15) is 0 Å². The summed E-state index contributed by atoms with van der Waals surface area (Å²) in [6.07, 6.45) is 0.404. The second-order valence-electron chi connectivity index (χ2n) is 5.27. The lowest BCUT2D eigenvalue weighted by molar-refractivity contribution is -0.121. The second-order valence-corrected chi connectivity index (χ2v) is 5.67. The zero-order chi connectivity index (χ0) is 16.7. The van der Waals surface area contributed by atoms with Crippen molar-refractivity contribution >= 4 is 23.2 Å². The van der Waals surface area contributed by atoms with Gasteiger partial charge in [0.1, 0.15) is 5.75 Å². The second kappa shape index (κ2) is 8.44. The maximum atomic E-state index is 11.8. The molecule has 2 aromatic carbocycles. The first kappa shape index (κ1) is 17.2. The molecule has 1 amide bonds. The van der Waals surface area contributed by atoms with Crippen LogP contribution < -0.4 is 15.4 Å². The third-order valence-corrected chi connectivity index (χ3v) is 3.91. The molecule has 2 rings (SSSR count). The summed E-state index contributed by atoms with van der Waals surface area (Å²) in [6.45, 7) is 3.03. The smallest absolute Gasteiger partial charge is 0.222 e. The summed E-state index contributed by atoms with van der Waals surface area (Å²) >= 11 is 6.07. The molecule has 23 heavy (non-hydrogen) atoms. The van der Waals surface area contributed by atoms with E-state index in [-0.39, 0.29) is 5.91 Å². The maximum absolute atomic E-state index is 11.8. The lowest BCUT2D eigenvalue weighted by atomic mass is 10.2. The summed E-state index contributed by atoms with van der Waals surface area (Å²) in [5.74, 6) is 0.813. The van der Waals surface area contributed by atoms with Crippen LogP contribution in [0.2, 0.25) is 5.02 Å². The van der Waals surface area contributed by atoms with Crippen LogP contribution in [0.3, 0.4) is 0 Å². The van der Waals surface area contributed by atoms with Crippen molar-refractivity contribution in [1.29, 1.82) is 0 Å². The Balaban J connectivity index is 1.71. The normalized spacial score (nSPS) is 10.2. The molecule has 4 nitrogen and oxygen atoms in total. The van der Waals surface area contributed by atoms with E-state index in [4.69, 9.17) is 16.3 Å². The van der Waals surface area contributed by atoms with Crippen LogP contribution in [-0.2, 0) is 11.3 Å². The number of carbonyl (C=O) groups is 1. The van der Waals surface area contributed by atoms with Gasteiger partial charge in [-0.05, 0) is 42.3 Å². The monoisotopic (exact) mass is 332 g/mol. The van der Waals surface area contributed by atoms with Crippen LogP contribution in [0, 0.1) is 6.92 Å². The minimum absolute atomic E-state index is 0.00604. The maximum Gasteiger partial charge on any atom is 0.222 e. The molecule has 0 aliphatic carbocycles. The number of carbonyl (C=O) groups excluding carboxylic acids is 1. The van der Waals surface area contributed by atoms with Gasteiger partial charge in [0.15, 0.2) is 0 Å². The number of benzene rings is 2.